The number of aromatic nitrogens is 2. The molecule has 2 atom stereocenters. The van der Waals surface area contributed by atoms with E-state index >= 15 is 0 Å². The molecule has 4 rings (SSSR count). The number of amides is 1. The van der Waals surface area contributed by atoms with Crippen LogP contribution in [-0.4, -0.2) is 53.8 Å². The average Bonchev–Trinajstić information content (AvgIpc) is 3.31. The quantitative estimate of drug-likeness (QED) is 0.761. The lowest BCUT2D eigenvalue weighted by Gasteiger charge is -2.32. The molecule has 2 aromatic rings. The Balaban J connectivity index is 1.46. The third kappa shape index (κ3) is 4.43. The number of likely N-dealkylation sites (tertiary alicyclic amines) is 1. The van der Waals surface area contributed by atoms with Gasteiger partial charge in [-0.15, -0.1) is 11.3 Å². The van der Waals surface area contributed by atoms with Gasteiger partial charge in [-0.1, -0.05) is 6.07 Å². The fraction of sp³-hybridized carbons (Fsp3) is 0.550. The molecule has 0 aromatic carbocycles. The molecule has 0 saturated carbocycles. The average molecular weight is 420 g/mol. The lowest BCUT2D eigenvalue weighted by molar-refractivity contribution is -0.133. The Morgan fingerprint density at radius 3 is 2.89 bits per heavy atom. The minimum atomic E-state index is -2.95. The van der Waals surface area contributed by atoms with E-state index < -0.39 is 9.84 Å². The fourth-order valence-electron chi connectivity index (χ4n) is 4.15. The zero-order valence-electron chi connectivity index (χ0n) is 16.0. The number of hydrogen-bond donors (Lipinski definition) is 0. The summed E-state index contributed by atoms with van der Waals surface area (Å²) in [7, 11) is -2.95. The Labute approximate surface area is 169 Å². The summed E-state index contributed by atoms with van der Waals surface area (Å²) >= 11 is 1.66. The first kappa shape index (κ1) is 19.5. The van der Waals surface area contributed by atoms with Gasteiger partial charge in [-0.25, -0.2) is 18.4 Å². The first-order valence-corrected chi connectivity index (χ1v) is 12.5. The maximum Gasteiger partial charge on any atom is 0.222 e. The van der Waals surface area contributed by atoms with Crippen LogP contribution in [0.3, 0.4) is 0 Å². The summed E-state index contributed by atoms with van der Waals surface area (Å²) in [4.78, 5) is 25.2. The van der Waals surface area contributed by atoms with Gasteiger partial charge in [0, 0.05) is 31.1 Å². The van der Waals surface area contributed by atoms with Crippen molar-refractivity contribution in [3.05, 3.63) is 35.1 Å². The van der Waals surface area contributed by atoms with E-state index in [1.54, 1.807) is 11.3 Å². The van der Waals surface area contributed by atoms with Crippen LogP contribution in [0.2, 0.25) is 0 Å². The number of carbonyl (C=O) groups is 1. The van der Waals surface area contributed by atoms with Gasteiger partial charge in [-0.3, -0.25) is 4.79 Å². The van der Waals surface area contributed by atoms with Crippen LogP contribution in [0.1, 0.15) is 43.1 Å². The van der Waals surface area contributed by atoms with Gasteiger partial charge >= 0.3 is 0 Å². The predicted molar refractivity (Wildman–Crippen MR) is 110 cm³/mol. The van der Waals surface area contributed by atoms with Gasteiger partial charge in [0.25, 0.3) is 0 Å². The number of piperidine rings is 1. The van der Waals surface area contributed by atoms with Crippen molar-refractivity contribution in [2.75, 3.05) is 24.6 Å². The molecule has 0 radical (unpaired) electrons. The molecule has 4 heterocycles. The second-order valence-electron chi connectivity index (χ2n) is 7.88. The van der Waals surface area contributed by atoms with Gasteiger partial charge in [0.15, 0.2) is 9.84 Å². The van der Waals surface area contributed by atoms with Crippen LogP contribution in [0.4, 0.5) is 0 Å². The number of hydrogen-bond acceptors (Lipinski definition) is 6. The van der Waals surface area contributed by atoms with Gasteiger partial charge in [-0.2, -0.15) is 0 Å². The summed E-state index contributed by atoms with van der Waals surface area (Å²) < 4.78 is 23.3. The van der Waals surface area contributed by atoms with Crippen LogP contribution >= 0.6 is 11.3 Å². The monoisotopic (exact) mass is 419 g/mol. The van der Waals surface area contributed by atoms with E-state index in [0.717, 1.165) is 41.5 Å². The lowest BCUT2D eigenvalue weighted by atomic mass is 9.95. The van der Waals surface area contributed by atoms with E-state index in [0.29, 0.717) is 19.4 Å². The summed E-state index contributed by atoms with van der Waals surface area (Å²) in [6.45, 7) is 3.33. The molecule has 2 aliphatic heterocycles. The summed E-state index contributed by atoms with van der Waals surface area (Å²) in [5.74, 6) is 1.35. The highest BCUT2D eigenvalue weighted by atomic mass is 32.2. The van der Waals surface area contributed by atoms with Crippen molar-refractivity contribution in [2.45, 2.75) is 38.5 Å². The Hall–Kier alpha value is -1.80. The summed E-state index contributed by atoms with van der Waals surface area (Å²) in [5, 5.41) is 2.04. The Morgan fingerprint density at radius 2 is 2.18 bits per heavy atom. The predicted octanol–water partition coefficient (Wildman–Crippen LogP) is 3.04. The molecule has 0 N–H and O–H groups in total. The molecule has 2 aromatic heterocycles. The Bertz CT molecular complexity index is 957. The molecular weight excluding hydrogens is 394 g/mol. The van der Waals surface area contributed by atoms with Crippen molar-refractivity contribution < 1.29 is 13.2 Å². The van der Waals surface area contributed by atoms with Gasteiger partial charge in [0.05, 0.1) is 22.1 Å². The largest absolute Gasteiger partial charge is 0.342 e. The highest BCUT2D eigenvalue weighted by Crippen LogP contribution is 2.30. The summed E-state index contributed by atoms with van der Waals surface area (Å²) in [6.07, 6.45) is 2.83. The first-order chi connectivity index (χ1) is 13.4. The molecule has 28 heavy (non-hydrogen) atoms. The molecule has 6 nitrogen and oxygen atoms in total. The SMILES string of the molecule is Cc1cc(-c2cccs2)nc(C2CCCN(C(=O)CC3CCS(=O)(=O)C3)C2)n1. The van der Waals surface area contributed by atoms with Crippen molar-refractivity contribution in [1.82, 2.24) is 14.9 Å². The van der Waals surface area contributed by atoms with Crippen molar-refractivity contribution >= 4 is 27.1 Å². The van der Waals surface area contributed by atoms with E-state index in [9.17, 15) is 13.2 Å². The summed E-state index contributed by atoms with van der Waals surface area (Å²) in [6, 6.07) is 6.07. The molecule has 0 bridgehead atoms. The van der Waals surface area contributed by atoms with Crippen LogP contribution in [-0.2, 0) is 14.6 Å². The van der Waals surface area contributed by atoms with Crippen molar-refractivity contribution in [3.8, 4) is 10.6 Å². The number of nitrogens with zero attached hydrogens (tertiary/aromatic N) is 3. The zero-order valence-corrected chi connectivity index (χ0v) is 17.6. The molecule has 150 valence electrons. The van der Waals surface area contributed by atoms with Crippen LogP contribution in [0.25, 0.3) is 10.6 Å². The number of thiophene rings is 1. The number of carbonyl (C=O) groups excluding carboxylic acids is 1. The summed E-state index contributed by atoms with van der Waals surface area (Å²) in [5.41, 5.74) is 1.88. The van der Waals surface area contributed by atoms with E-state index in [4.69, 9.17) is 4.98 Å². The van der Waals surface area contributed by atoms with Crippen LogP contribution in [0, 0.1) is 12.8 Å². The van der Waals surface area contributed by atoms with Crippen LogP contribution in [0.5, 0.6) is 0 Å². The first-order valence-electron chi connectivity index (χ1n) is 9.77. The number of sulfone groups is 1. The molecule has 0 aliphatic carbocycles. The maximum absolute atomic E-state index is 12.8. The number of aryl methyl sites for hydroxylation is 1. The van der Waals surface area contributed by atoms with Crippen molar-refractivity contribution in [2.24, 2.45) is 5.92 Å². The second kappa shape index (κ2) is 7.91. The standard InChI is InChI=1S/C20H25N3O3S2/c1-14-10-17(18-5-3-8-27-18)22-20(21-14)16-4-2-7-23(12-16)19(24)11-15-6-9-28(25,26)13-15/h3,5,8,10,15-16H,2,4,6-7,9,11-13H2,1H3. The minimum absolute atomic E-state index is 0.0291. The van der Waals surface area contributed by atoms with E-state index in [1.165, 1.54) is 0 Å². The van der Waals surface area contributed by atoms with Gasteiger partial charge in [0.1, 0.15) is 5.82 Å². The maximum atomic E-state index is 12.8. The fourth-order valence-corrected chi connectivity index (χ4v) is 6.70. The Morgan fingerprint density at radius 1 is 1.32 bits per heavy atom. The lowest BCUT2D eigenvalue weighted by Crippen LogP contribution is -2.40. The topological polar surface area (TPSA) is 80.2 Å². The van der Waals surface area contributed by atoms with Crippen molar-refractivity contribution in [1.29, 1.82) is 0 Å². The second-order valence-corrected chi connectivity index (χ2v) is 11.1. The van der Waals surface area contributed by atoms with E-state index in [1.807, 2.05) is 29.3 Å². The van der Waals surface area contributed by atoms with Crippen LogP contribution < -0.4 is 0 Å². The molecule has 8 heteroatoms. The van der Waals surface area contributed by atoms with Gasteiger partial charge in [-0.05, 0) is 49.6 Å². The zero-order chi connectivity index (χ0) is 19.7. The van der Waals surface area contributed by atoms with Gasteiger partial charge < -0.3 is 4.90 Å². The third-order valence-corrected chi connectivity index (χ3v) is 8.30. The van der Waals surface area contributed by atoms with E-state index in [2.05, 4.69) is 11.1 Å². The normalized spacial score (nSPS) is 24.4. The molecule has 2 fully saturated rings. The molecule has 2 aliphatic rings. The Kier molecular flexibility index (Phi) is 5.51. The molecule has 0 spiro atoms. The molecule has 1 amide bonds. The molecule has 2 unspecified atom stereocenters. The van der Waals surface area contributed by atoms with E-state index in [-0.39, 0.29) is 29.2 Å². The third-order valence-electron chi connectivity index (χ3n) is 5.57. The molecule has 2 saturated heterocycles. The van der Waals surface area contributed by atoms with Crippen LogP contribution in [0.15, 0.2) is 23.6 Å². The van der Waals surface area contributed by atoms with Gasteiger partial charge in [0.2, 0.25) is 5.91 Å². The highest BCUT2D eigenvalue weighted by molar-refractivity contribution is 7.91. The minimum Gasteiger partial charge on any atom is -0.342 e. The smallest absolute Gasteiger partial charge is 0.222 e. The van der Waals surface area contributed by atoms with Crippen molar-refractivity contribution in [3.63, 3.8) is 0 Å². The highest BCUT2D eigenvalue weighted by Gasteiger charge is 2.32. The number of rotatable bonds is 4. The molecular formula is C20H25N3O3S2.